The number of carbonyl (C=O) groups is 4. The van der Waals surface area contributed by atoms with Crippen LogP contribution in [0.4, 0.5) is 23.7 Å². The molecule has 2 N–H and O–H groups in total. The maximum atomic E-state index is 14.1. The molecule has 2 aliphatic heterocycles. The Morgan fingerprint density at radius 1 is 1.24 bits per heavy atom. The molecule has 2 heterocycles. The Hall–Kier alpha value is -3.24. The van der Waals surface area contributed by atoms with E-state index in [0.717, 1.165) is 4.90 Å². The second-order valence-corrected chi connectivity index (χ2v) is 7.13. The van der Waals surface area contributed by atoms with E-state index in [1.807, 2.05) is 5.32 Å². The van der Waals surface area contributed by atoms with E-state index in [0.29, 0.717) is 0 Å². The van der Waals surface area contributed by atoms with E-state index in [2.05, 4.69) is 4.99 Å². The number of rotatable bonds is 4. The predicted octanol–water partition coefficient (Wildman–Crippen LogP) is 1.76. The van der Waals surface area contributed by atoms with E-state index in [-0.39, 0.29) is 18.0 Å². The standard InChI is InChI=1S/C18H17F3N4O4/c1-9(2)8-11(26)24-17(18(19,20)21)12-13(22-15(17)28)25(16(29)23-14(12)27)10-6-4-3-5-7-10/h3-7,9,12H,8H2,1-2H3,(H,24,26)(H,23,27,29). The Bertz CT molecular complexity index is 913. The number of urea groups is 1. The van der Waals surface area contributed by atoms with Crippen molar-refractivity contribution in [3.05, 3.63) is 30.3 Å². The van der Waals surface area contributed by atoms with Gasteiger partial charge in [0, 0.05) is 6.42 Å². The maximum Gasteiger partial charge on any atom is 0.422 e. The number of para-hydroxylation sites is 1. The van der Waals surface area contributed by atoms with E-state index in [9.17, 15) is 32.3 Å². The Morgan fingerprint density at radius 3 is 2.41 bits per heavy atom. The summed E-state index contributed by atoms with van der Waals surface area (Å²) in [4.78, 5) is 53.6. The zero-order valence-corrected chi connectivity index (χ0v) is 15.4. The number of amidine groups is 1. The van der Waals surface area contributed by atoms with Crippen LogP contribution in [-0.2, 0) is 14.4 Å². The highest BCUT2D eigenvalue weighted by atomic mass is 19.4. The van der Waals surface area contributed by atoms with Crippen LogP contribution in [0.25, 0.3) is 0 Å². The summed E-state index contributed by atoms with van der Waals surface area (Å²) in [7, 11) is 0. The number of nitrogens with zero attached hydrogens (tertiary/aromatic N) is 2. The van der Waals surface area contributed by atoms with Gasteiger partial charge in [0.15, 0.2) is 0 Å². The van der Waals surface area contributed by atoms with Crippen molar-refractivity contribution in [2.45, 2.75) is 32.0 Å². The van der Waals surface area contributed by atoms with Crippen molar-refractivity contribution in [2.24, 2.45) is 16.8 Å². The molecule has 2 aliphatic rings. The lowest BCUT2D eigenvalue weighted by Gasteiger charge is -2.39. The van der Waals surface area contributed by atoms with Crippen LogP contribution >= 0.6 is 0 Å². The molecule has 29 heavy (non-hydrogen) atoms. The summed E-state index contributed by atoms with van der Waals surface area (Å²) in [6.45, 7) is 3.22. The molecular weight excluding hydrogens is 393 g/mol. The van der Waals surface area contributed by atoms with Gasteiger partial charge in [-0.2, -0.15) is 18.2 Å². The molecule has 1 fully saturated rings. The van der Waals surface area contributed by atoms with E-state index >= 15 is 0 Å². The first kappa shape index (κ1) is 20.5. The SMILES string of the molecule is CC(C)CC(=O)NC1(C(F)(F)F)C(=O)N=C2C1C(=O)NC(=O)N2c1ccccc1. The maximum absolute atomic E-state index is 14.1. The molecule has 1 aromatic carbocycles. The molecule has 0 bridgehead atoms. The number of halogens is 3. The zero-order valence-electron chi connectivity index (χ0n) is 15.4. The largest absolute Gasteiger partial charge is 0.422 e. The van der Waals surface area contributed by atoms with Gasteiger partial charge < -0.3 is 5.32 Å². The molecular formula is C18H17F3N4O4. The van der Waals surface area contributed by atoms with Crippen molar-refractivity contribution in [3.63, 3.8) is 0 Å². The normalized spacial score (nSPS) is 24.3. The minimum atomic E-state index is -5.34. The predicted molar refractivity (Wildman–Crippen MR) is 94.8 cm³/mol. The van der Waals surface area contributed by atoms with Crippen LogP contribution in [-0.4, -0.2) is 41.3 Å². The van der Waals surface area contributed by atoms with Gasteiger partial charge in [0.25, 0.3) is 5.91 Å². The molecule has 154 valence electrons. The molecule has 1 aromatic rings. The zero-order chi connectivity index (χ0) is 21.6. The second-order valence-electron chi connectivity index (χ2n) is 7.13. The molecule has 0 spiro atoms. The number of nitrogens with one attached hydrogen (secondary N) is 2. The van der Waals surface area contributed by atoms with Gasteiger partial charge in [0.1, 0.15) is 11.8 Å². The summed E-state index contributed by atoms with van der Waals surface area (Å²) in [5.41, 5.74) is -3.48. The van der Waals surface area contributed by atoms with Crippen molar-refractivity contribution in [1.29, 1.82) is 0 Å². The number of carbonyl (C=O) groups excluding carboxylic acids is 4. The number of benzene rings is 1. The quantitative estimate of drug-likeness (QED) is 0.789. The molecule has 0 aliphatic carbocycles. The van der Waals surface area contributed by atoms with Gasteiger partial charge in [-0.15, -0.1) is 0 Å². The summed E-state index contributed by atoms with van der Waals surface area (Å²) >= 11 is 0. The first-order valence-electron chi connectivity index (χ1n) is 8.69. The number of amides is 5. The van der Waals surface area contributed by atoms with E-state index in [1.54, 1.807) is 25.2 Å². The van der Waals surface area contributed by atoms with Gasteiger partial charge >= 0.3 is 12.2 Å². The summed E-state index contributed by atoms with van der Waals surface area (Å²) in [5, 5.41) is 3.53. The Kier molecular flexibility index (Phi) is 4.93. The van der Waals surface area contributed by atoms with Crippen molar-refractivity contribution < 1.29 is 32.3 Å². The Labute approximate surface area is 163 Å². The summed E-state index contributed by atoms with van der Waals surface area (Å²) < 4.78 is 42.4. The second kappa shape index (κ2) is 6.98. The third-order valence-corrected chi connectivity index (χ3v) is 4.56. The lowest BCUT2D eigenvalue weighted by atomic mass is 9.81. The molecule has 2 atom stereocenters. The number of hydrogen-bond donors (Lipinski definition) is 2. The van der Waals surface area contributed by atoms with Crippen LogP contribution < -0.4 is 15.5 Å². The number of anilines is 1. The molecule has 1 saturated heterocycles. The van der Waals surface area contributed by atoms with Gasteiger partial charge in [-0.05, 0) is 18.1 Å². The number of aliphatic imine (C=N–C) groups is 1. The smallest absolute Gasteiger partial charge is 0.333 e. The Morgan fingerprint density at radius 2 is 1.86 bits per heavy atom. The number of fused-ring (bicyclic) bond motifs is 1. The monoisotopic (exact) mass is 410 g/mol. The summed E-state index contributed by atoms with van der Waals surface area (Å²) in [5.74, 6) is -7.40. The molecule has 5 amide bonds. The Balaban J connectivity index is 2.12. The third kappa shape index (κ3) is 3.26. The highest BCUT2D eigenvalue weighted by molar-refractivity contribution is 6.35. The molecule has 2 unspecified atom stereocenters. The van der Waals surface area contributed by atoms with Gasteiger partial charge in [0.05, 0.1) is 5.69 Å². The molecule has 0 radical (unpaired) electrons. The highest BCUT2D eigenvalue weighted by Crippen LogP contribution is 2.44. The van der Waals surface area contributed by atoms with Crippen LogP contribution in [0.5, 0.6) is 0 Å². The van der Waals surface area contributed by atoms with Gasteiger partial charge in [-0.1, -0.05) is 32.0 Å². The van der Waals surface area contributed by atoms with Crippen molar-refractivity contribution in [1.82, 2.24) is 10.6 Å². The van der Waals surface area contributed by atoms with Gasteiger partial charge in [-0.3, -0.25) is 19.7 Å². The lowest BCUT2D eigenvalue weighted by Crippen LogP contribution is -2.72. The molecule has 11 heteroatoms. The van der Waals surface area contributed by atoms with Crippen LogP contribution in [0, 0.1) is 11.8 Å². The van der Waals surface area contributed by atoms with Crippen LogP contribution in [0.1, 0.15) is 20.3 Å². The van der Waals surface area contributed by atoms with Gasteiger partial charge in [0.2, 0.25) is 17.4 Å². The number of alkyl halides is 3. The van der Waals surface area contributed by atoms with Crippen molar-refractivity contribution in [3.8, 4) is 0 Å². The third-order valence-electron chi connectivity index (χ3n) is 4.56. The summed E-state index contributed by atoms with van der Waals surface area (Å²) in [6.07, 6.45) is -5.64. The highest BCUT2D eigenvalue weighted by Gasteiger charge is 2.73. The average molecular weight is 410 g/mol. The molecule has 3 rings (SSSR count). The molecule has 0 saturated carbocycles. The fraction of sp³-hybridized carbons (Fsp3) is 0.389. The van der Waals surface area contributed by atoms with E-state index < -0.39 is 47.2 Å². The minimum Gasteiger partial charge on any atom is -0.333 e. The van der Waals surface area contributed by atoms with Gasteiger partial charge in [-0.25, -0.2) is 9.69 Å². The average Bonchev–Trinajstić information content (AvgIpc) is 2.88. The van der Waals surface area contributed by atoms with Crippen molar-refractivity contribution >= 4 is 35.3 Å². The van der Waals surface area contributed by atoms with E-state index in [4.69, 9.17) is 0 Å². The first-order valence-corrected chi connectivity index (χ1v) is 8.69. The minimum absolute atomic E-state index is 0.112. The summed E-state index contributed by atoms with van der Waals surface area (Å²) in [6, 6.07) is 6.42. The fourth-order valence-electron chi connectivity index (χ4n) is 3.35. The topological polar surface area (TPSA) is 108 Å². The van der Waals surface area contributed by atoms with E-state index in [1.165, 1.54) is 24.3 Å². The lowest BCUT2D eigenvalue weighted by molar-refractivity contribution is -0.205. The fourth-order valence-corrected chi connectivity index (χ4v) is 3.35. The van der Waals surface area contributed by atoms with Crippen molar-refractivity contribution in [2.75, 3.05) is 4.90 Å². The molecule has 8 nitrogen and oxygen atoms in total. The van der Waals surface area contributed by atoms with Crippen LogP contribution in [0.3, 0.4) is 0 Å². The van der Waals surface area contributed by atoms with Crippen LogP contribution in [0.2, 0.25) is 0 Å². The first-order chi connectivity index (χ1) is 13.5. The molecule has 0 aromatic heterocycles. The number of imide groups is 1. The number of hydrogen-bond acceptors (Lipinski definition) is 4. The van der Waals surface area contributed by atoms with Crippen LogP contribution in [0.15, 0.2) is 35.3 Å².